The molecule has 0 bridgehead atoms. The summed E-state index contributed by atoms with van der Waals surface area (Å²) in [5.41, 5.74) is 7.58. The molecule has 30 heavy (non-hydrogen) atoms. The summed E-state index contributed by atoms with van der Waals surface area (Å²) in [5, 5.41) is 1.07. The number of piperidine rings is 1. The van der Waals surface area contributed by atoms with Crippen molar-refractivity contribution < 1.29 is 4.79 Å². The molecule has 5 nitrogen and oxygen atoms in total. The van der Waals surface area contributed by atoms with Crippen LogP contribution >= 0.6 is 23.2 Å². The number of nitrogens with zero attached hydrogens (tertiary/aromatic N) is 3. The third-order valence-electron chi connectivity index (χ3n) is 6.93. The zero-order chi connectivity index (χ0) is 21.4. The van der Waals surface area contributed by atoms with Gasteiger partial charge >= 0.3 is 0 Å². The zero-order valence-electron chi connectivity index (χ0n) is 17.9. The minimum absolute atomic E-state index is 0.0457. The van der Waals surface area contributed by atoms with E-state index in [0.29, 0.717) is 10.0 Å². The van der Waals surface area contributed by atoms with Crippen LogP contribution < -0.4 is 10.6 Å². The van der Waals surface area contributed by atoms with Gasteiger partial charge in [0.1, 0.15) is 0 Å². The Bertz CT molecular complexity index is 920. The summed E-state index contributed by atoms with van der Waals surface area (Å²) in [6.07, 6.45) is 9.26. The van der Waals surface area contributed by atoms with E-state index >= 15 is 0 Å². The van der Waals surface area contributed by atoms with Gasteiger partial charge < -0.3 is 15.2 Å². The van der Waals surface area contributed by atoms with Crippen LogP contribution in [0.2, 0.25) is 10.0 Å². The third-order valence-corrected chi connectivity index (χ3v) is 7.66. The molecule has 2 N–H and O–H groups in total. The second-order valence-electron chi connectivity index (χ2n) is 9.34. The Morgan fingerprint density at radius 2 is 1.87 bits per heavy atom. The van der Waals surface area contributed by atoms with E-state index in [1.807, 2.05) is 12.1 Å². The molecule has 2 heterocycles. The summed E-state index contributed by atoms with van der Waals surface area (Å²) in [4.78, 5) is 19.4. The standard InChI is InChI=1S/C23H32Cl2N4O/c1-14(2)29-21-13-19(25)18(24)12-20(21)27-23(29)28-9-8-16(22(26)30)11-17(28)10-15-6-4-3-5-7-15/h12-17H,3-11H2,1-2H3,(H2,26,30). The van der Waals surface area contributed by atoms with Gasteiger partial charge in [0.15, 0.2) is 0 Å². The molecule has 2 fully saturated rings. The fourth-order valence-corrected chi connectivity index (χ4v) is 5.71. The van der Waals surface area contributed by atoms with Crippen molar-refractivity contribution in [3.63, 3.8) is 0 Å². The Morgan fingerprint density at radius 3 is 2.53 bits per heavy atom. The fourth-order valence-electron chi connectivity index (χ4n) is 5.39. The second kappa shape index (κ2) is 8.96. The molecule has 1 amide bonds. The fraction of sp³-hybridized carbons (Fsp3) is 0.652. The molecular weight excluding hydrogens is 419 g/mol. The summed E-state index contributed by atoms with van der Waals surface area (Å²) in [7, 11) is 0. The highest BCUT2D eigenvalue weighted by molar-refractivity contribution is 6.42. The molecular formula is C23H32Cl2N4O. The molecule has 1 aromatic carbocycles. The molecule has 1 saturated carbocycles. The Balaban J connectivity index is 1.72. The van der Waals surface area contributed by atoms with Crippen molar-refractivity contribution in [2.45, 2.75) is 77.3 Å². The van der Waals surface area contributed by atoms with Gasteiger partial charge in [0.2, 0.25) is 11.9 Å². The summed E-state index contributed by atoms with van der Waals surface area (Å²) in [5.74, 6) is 1.47. The first kappa shape index (κ1) is 21.8. The lowest BCUT2D eigenvalue weighted by Gasteiger charge is -2.41. The molecule has 7 heteroatoms. The molecule has 1 aromatic heterocycles. The number of imidazole rings is 1. The summed E-state index contributed by atoms with van der Waals surface area (Å²) >= 11 is 12.6. The Labute approximate surface area is 188 Å². The Morgan fingerprint density at radius 1 is 1.17 bits per heavy atom. The number of carbonyl (C=O) groups excluding carboxylic acids is 1. The lowest BCUT2D eigenvalue weighted by molar-refractivity contribution is -0.122. The van der Waals surface area contributed by atoms with Gasteiger partial charge in [0, 0.05) is 24.5 Å². The highest BCUT2D eigenvalue weighted by atomic mass is 35.5. The number of benzene rings is 1. The van der Waals surface area contributed by atoms with Gasteiger partial charge in [0.05, 0.1) is 21.1 Å². The summed E-state index contributed by atoms with van der Waals surface area (Å²) in [6, 6.07) is 4.28. The van der Waals surface area contributed by atoms with Crippen LogP contribution in [0.1, 0.15) is 71.3 Å². The first-order valence-electron chi connectivity index (χ1n) is 11.3. The first-order chi connectivity index (χ1) is 14.3. The minimum Gasteiger partial charge on any atom is -0.369 e. The SMILES string of the molecule is CC(C)n1c(N2CCC(C(N)=O)CC2CC2CCCCC2)nc2cc(Cl)c(Cl)cc21. The number of carbonyl (C=O) groups is 1. The summed E-state index contributed by atoms with van der Waals surface area (Å²) < 4.78 is 2.26. The number of fused-ring (bicyclic) bond motifs is 1. The maximum absolute atomic E-state index is 12.0. The number of nitrogens with two attached hydrogens (primary N) is 1. The van der Waals surface area contributed by atoms with Crippen LogP contribution in [0.4, 0.5) is 5.95 Å². The van der Waals surface area contributed by atoms with E-state index in [9.17, 15) is 4.79 Å². The minimum atomic E-state index is -0.167. The quantitative estimate of drug-likeness (QED) is 0.610. The van der Waals surface area contributed by atoms with Crippen molar-refractivity contribution in [3.8, 4) is 0 Å². The second-order valence-corrected chi connectivity index (χ2v) is 10.2. The monoisotopic (exact) mass is 450 g/mol. The predicted molar refractivity (Wildman–Crippen MR) is 124 cm³/mol. The lowest BCUT2D eigenvalue weighted by atomic mass is 9.80. The molecule has 164 valence electrons. The van der Waals surface area contributed by atoms with E-state index in [0.717, 1.165) is 48.7 Å². The molecule has 1 aliphatic carbocycles. The number of primary amides is 1. The van der Waals surface area contributed by atoms with Gasteiger partial charge in [-0.25, -0.2) is 4.98 Å². The molecule has 1 aliphatic heterocycles. The van der Waals surface area contributed by atoms with Crippen LogP contribution in [-0.2, 0) is 4.79 Å². The molecule has 2 unspecified atom stereocenters. The van der Waals surface area contributed by atoms with Gasteiger partial charge in [0.25, 0.3) is 0 Å². The zero-order valence-corrected chi connectivity index (χ0v) is 19.4. The van der Waals surface area contributed by atoms with Gasteiger partial charge in [-0.2, -0.15) is 0 Å². The maximum atomic E-state index is 12.0. The number of halogens is 2. The average molecular weight is 451 g/mol. The van der Waals surface area contributed by atoms with E-state index in [-0.39, 0.29) is 23.9 Å². The van der Waals surface area contributed by atoms with Gasteiger partial charge in [-0.15, -0.1) is 0 Å². The normalized spacial score (nSPS) is 23.4. The van der Waals surface area contributed by atoms with Crippen molar-refractivity contribution >= 4 is 46.1 Å². The number of hydrogen-bond donors (Lipinski definition) is 1. The van der Waals surface area contributed by atoms with Gasteiger partial charge in [-0.05, 0) is 51.2 Å². The van der Waals surface area contributed by atoms with Crippen molar-refractivity contribution in [1.82, 2.24) is 9.55 Å². The summed E-state index contributed by atoms with van der Waals surface area (Å²) in [6.45, 7) is 5.13. The van der Waals surface area contributed by atoms with Gasteiger partial charge in [-0.1, -0.05) is 55.3 Å². The number of hydrogen-bond acceptors (Lipinski definition) is 3. The molecule has 4 rings (SSSR count). The highest BCUT2D eigenvalue weighted by Crippen LogP contribution is 2.38. The van der Waals surface area contributed by atoms with Crippen LogP contribution in [0, 0.1) is 11.8 Å². The molecule has 2 atom stereocenters. The van der Waals surface area contributed by atoms with Crippen molar-refractivity contribution in [2.75, 3.05) is 11.4 Å². The van der Waals surface area contributed by atoms with E-state index in [1.165, 1.54) is 32.1 Å². The van der Waals surface area contributed by atoms with Crippen molar-refractivity contribution in [3.05, 3.63) is 22.2 Å². The molecule has 2 aliphatic rings. The van der Waals surface area contributed by atoms with E-state index < -0.39 is 0 Å². The van der Waals surface area contributed by atoms with Crippen molar-refractivity contribution in [1.29, 1.82) is 0 Å². The van der Waals surface area contributed by atoms with E-state index in [4.69, 9.17) is 33.9 Å². The van der Waals surface area contributed by atoms with Crippen molar-refractivity contribution in [2.24, 2.45) is 17.6 Å². The Hall–Kier alpha value is -1.46. The van der Waals surface area contributed by atoms with Crippen LogP contribution in [-0.4, -0.2) is 28.0 Å². The van der Waals surface area contributed by atoms with E-state index in [2.05, 4.69) is 23.3 Å². The lowest BCUT2D eigenvalue weighted by Crippen LogP contribution is -2.47. The molecule has 2 aromatic rings. The number of rotatable bonds is 5. The molecule has 0 radical (unpaired) electrons. The molecule has 1 saturated heterocycles. The van der Waals surface area contributed by atoms with Gasteiger partial charge in [-0.3, -0.25) is 4.79 Å². The van der Waals surface area contributed by atoms with E-state index in [1.54, 1.807) is 0 Å². The van der Waals surface area contributed by atoms with Crippen LogP contribution in [0.5, 0.6) is 0 Å². The van der Waals surface area contributed by atoms with Crippen LogP contribution in [0.3, 0.4) is 0 Å². The predicted octanol–water partition coefficient (Wildman–Crippen LogP) is 5.96. The topological polar surface area (TPSA) is 64.2 Å². The largest absolute Gasteiger partial charge is 0.369 e. The van der Waals surface area contributed by atoms with Crippen LogP contribution in [0.25, 0.3) is 11.0 Å². The number of aromatic nitrogens is 2. The smallest absolute Gasteiger partial charge is 0.220 e. The van der Waals surface area contributed by atoms with Crippen LogP contribution in [0.15, 0.2) is 12.1 Å². The Kier molecular flexibility index (Phi) is 6.50. The maximum Gasteiger partial charge on any atom is 0.220 e. The number of amides is 1. The third kappa shape index (κ3) is 4.29. The first-order valence-corrected chi connectivity index (χ1v) is 12.0. The number of anilines is 1. The average Bonchev–Trinajstić information content (AvgIpc) is 3.07. The highest BCUT2D eigenvalue weighted by Gasteiger charge is 2.35. The molecule has 0 spiro atoms.